The van der Waals surface area contributed by atoms with E-state index in [0.29, 0.717) is 16.3 Å². The van der Waals surface area contributed by atoms with Gasteiger partial charge in [0.2, 0.25) is 5.91 Å². The first kappa shape index (κ1) is 18.0. The summed E-state index contributed by atoms with van der Waals surface area (Å²) < 4.78 is 6.63. The van der Waals surface area contributed by atoms with Gasteiger partial charge in [-0.1, -0.05) is 35.9 Å². The van der Waals surface area contributed by atoms with E-state index in [-0.39, 0.29) is 5.91 Å². The number of esters is 1. The summed E-state index contributed by atoms with van der Waals surface area (Å²) in [5, 5.41) is 4.25. The van der Waals surface area contributed by atoms with E-state index >= 15 is 0 Å². The summed E-state index contributed by atoms with van der Waals surface area (Å²) in [7, 11) is 1.34. The highest BCUT2D eigenvalue weighted by Gasteiger charge is 2.22. The molecule has 0 spiro atoms. The average molecular weight is 371 g/mol. The Kier molecular flexibility index (Phi) is 5.00. The molecular formula is C20H19ClN2O3. The van der Waals surface area contributed by atoms with E-state index in [1.165, 1.54) is 7.11 Å². The van der Waals surface area contributed by atoms with Crippen molar-refractivity contribution in [3.8, 4) is 0 Å². The molecule has 2 aromatic carbocycles. The Labute approximate surface area is 156 Å². The highest BCUT2D eigenvalue weighted by atomic mass is 35.5. The first-order valence-corrected chi connectivity index (χ1v) is 8.55. The van der Waals surface area contributed by atoms with Crippen LogP contribution in [0.1, 0.15) is 28.9 Å². The number of fused-ring (bicyclic) bond motifs is 1. The van der Waals surface area contributed by atoms with Crippen LogP contribution >= 0.6 is 11.6 Å². The van der Waals surface area contributed by atoms with Crippen LogP contribution < -0.4 is 5.32 Å². The monoisotopic (exact) mass is 370 g/mol. The molecule has 3 rings (SSSR count). The summed E-state index contributed by atoms with van der Waals surface area (Å²) in [6.07, 6.45) is 1.66. The number of carbonyl (C=O) groups is 2. The van der Waals surface area contributed by atoms with Crippen LogP contribution in [0.2, 0.25) is 5.02 Å². The Bertz CT molecular complexity index is 994. The van der Waals surface area contributed by atoms with Gasteiger partial charge in [0.15, 0.2) is 0 Å². The van der Waals surface area contributed by atoms with Crippen molar-refractivity contribution >= 4 is 40.1 Å². The van der Waals surface area contributed by atoms with E-state index in [1.54, 1.807) is 35.9 Å². The molecule has 0 bridgehead atoms. The lowest BCUT2D eigenvalue weighted by Gasteiger charge is -2.16. The molecule has 0 aliphatic heterocycles. The summed E-state index contributed by atoms with van der Waals surface area (Å²) >= 11 is 6.12. The molecule has 1 aromatic heterocycles. The molecule has 26 heavy (non-hydrogen) atoms. The van der Waals surface area contributed by atoms with Crippen LogP contribution in [0.4, 0.5) is 5.69 Å². The number of ether oxygens (including phenoxy) is 1. The molecule has 0 unspecified atom stereocenters. The van der Waals surface area contributed by atoms with Gasteiger partial charge in [-0.2, -0.15) is 0 Å². The van der Waals surface area contributed by atoms with Crippen LogP contribution in [0.3, 0.4) is 0 Å². The SMILES string of the molecule is COC(=O)c1cn([C@@H](C)C(=O)Nc2cccc(Cl)c2C)c2ccccc12. The Balaban J connectivity index is 1.97. The first-order valence-electron chi connectivity index (χ1n) is 8.18. The molecule has 0 saturated carbocycles. The minimum absolute atomic E-state index is 0.201. The number of aromatic nitrogens is 1. The second-order valence-corrected chi connectivity index (χ2v) is 6.44. The van der Waals surface area contributed by atoms with Crippen molar-refractivity contribution in [3.05, 3.63) is 64.8 Å². The van der Waals surface area contributed by atoms with E-state index in [4.69, 9.17) is 16.3 Å². The molecule has 1 amide bonds. The summed E-state index contributed by atoms with van der Waals surface area (Å²) in [4.78, 5) is 24.8. The maximum absolute atomic E-state index is 12.8. The van der Waals surface area contributed by atoms with Crippen molar-refractivity contribution in [2.75, 3.05) is 12.4 Å². The quantitative estimate of drug-likeness (QED) is 0.683. The molecule has 0 fully saturated rings. The molecule has 6 heteroatoms. The Morgan fingerprint density at radius 1 is 1.15 bits per heavy atom. The van der Waals surface area contributed by atoms with E-state index in [2.05, 4.69) is 5.32 Å². The fraction of sp³-hybridized carbons (Fsp3) is 0.200. The third-order valence-corrected chi connectivity index (χ3v) is 4.88. The number of carbonyl (C=O) groups excluding carboxylic acids is 2. The van der Waals surface area contributed by atoms with Gasteiger partial charge in [-0.3, -0.25) is 4.79 Å². The Morgan fingerprint density at radius 3 is 2.62 bits per heavy atom. The number of rotatable bonds is 4. The number of nitrogens with zero attached hydrogens (tertiary/aromatic N) is 1. The van der Waals surface area contributed by atoms with Crippen LogP contribution in [-0.4, -0.2) is 23.6 Å². The van der Waals surface area contributed by atoms with Crippen LogP contribution in [-0.2, 0) is 9.53 Å². The van der Waals surface area contributed by atoms with Crippen LogP contribution in [0, 0.1) is 6.92 Å². The zero-order valence-electron chi connectivity index (χ0n) is 14.7. The standard InChI is InChI=1S/C20H19ClN2O3/c1-12-16(21)8-6-9-17(12)22-19(24)13(2)23-11-15(20(25)26-3)14-7-4-5-10-18(14)23/h4-11,13H,1-3H3,(H,22,24)/t13-/m0/s1. The average Bonchev–Trinajstić information content (AvgIpc) is 3.04. The normalized spacial score (nSPS) is 12.0. The van der Waals surface area contributed by atoms with Crippen molar-refractivity contribution in [1.29, 1.82) is 0 Å². The van der Waals surface area contributed by atoms with Crippen molar-refractivity contribution in [1.82, 2.24) is 4.57 Å². The van der Waals surface area contributed by atoms with Gasteiger partial charge >= 0.3 is 5.97 Å². The van der Waals surface area contributed by atoms with Gasteiger partial charge in [-0.05, 0) is 37.6 Å². The number of hydrogen-bond acceptors (Lipinski definition) is 3. The van der Waals surface area contributed by atoms with Gasteiger partial charge in [0.05, 0.1) is 12.7 Å². The van der Waals surface area contributed by atoms with Gasteiger partial charge in [-0.25, -0.2) is 4.79 Å². The predicted molar refractivity (Wildman–Crippen MR) is 103 cm³/mol. The molecule has 0 saturated heterocycles. The van der Waals surface area contributed by atoms with Crippen molar-refractivity contribution in [3.63, 3.8) is 0 Å². The highest BCUT2D eigenvalue weighted by Crippen LogP contribution is 2.27. The third-order valence-electron chi connectivity index (χ3n) is 4.47. The summed E-state index contributed by atoms with van der Waals surface area (Å²) in [6.45, 7) is 3.63. The number of anilines is 1. The lowest BCUT2D eigenvalue weighted by atomic mass is 10.2. The Hall–Kier alpha value is -2.79. The fourth-order valence-corrected chi connectivity index (χ4v) is 3.08. The van der Waals surface area contributed by atoms with Gasteiger partial charge in [-0.15, -0.1) is 0 Å². The lowest BCUT2D eigenvalue weighted by Crippen LogP contribution is -2.23. The number of hydrogen-bond donors (Lipinski definition) is 1. The van der Waals surface area contributed by atoms with E-state index < -0.39 is 12.0 Å². The fourth-order valence-electron chi connectivity index (χ4n) is 2.90. The molecule has 3 aromatic rings. The molecule has 1 N–H and O–H groups in total. The number of para-hydroxylation sites is 1. The molecule has 1 atom stereocenters. The number of benzene rings is 2. The summed E-state index contributed by atoms with van der Waals surface area (Å²) in [5.74, 6) is -0.634. The van der Waals surface area contributed by atoms with Crippen LogP contribution in [0.5, 0.6) is 0 Å². The van der Waals surface area contributed by atoms with Crippen molar-refractivity contribution in [2.24, 2.45) is 0 Å². The molecular weight excluding hydrogens is 352 g/mol. The molecule has 5 nitrogen and oxygen atoms in total. The summed E-state index contributed by atoms with van der Waals surface area (Å²) in [6, 6.07) is 12.3. The smallest absolute Gasteiger partial charge is 0.340 e. The number of halogens is 1. The maximum Gasteiger partial charge on any atom is 0.340 e. The van der Waals surface area contributed by atoms with Crippen molar-refractivity contribution < 1.29 is 14.3 Å². The maximum atomic E-state index is 12.8. The third kappa shape index (κ3) is 3.18. The number of nitrogens with one attached hydrogen (secondary N) is 1. The van der Waals surface area contributed by atoms with Crippen molar-refractivity contribution in [2.45, 2.75) is 19.9 Å². The molecule has 134 valence electrons. The highest BCUT2D eigenvalue weighted by molar-refractivity contribution is 6.31. The molecule has 1 heterocycles. The Morgan fingerprint density at radius 2 is 1.88 bits per heavy atom. The largest absolute Gasteiger partial charge is 0.465 e. The second kappa shape index (κ2) is 7.22. The minimum Gasteiger partial charge on any atom is -0.465 e. The van der Waals surface area contributed by atoms with E-state index in [0.717, 1.165) is 16.5 Å². The van der Waals surface area contributed by atoms with E-state index in [1.807, 2.05) is 31.2 Å². The summed E-state index contributed by atoms with van der Waals surface area (Å²) in [5.41, 5.74) is 2.70. The lowest BCUT2D eigenvalue weighted by molar-refractivity contribution is -0.118. The predicted octanol–water partition coefficient (Wildman–Crippen LogP) is 4.59. The zero-order valence-corrected chi connectivity index (χ0v) is 15.5. The van der Waals surface area contributed by atoms with Gasteiger partial charge in [0.1, 0.15) is 6.04 Å². The van der Waals surface area contributed by atoms with Gasteiger partial charge in [0, 0.05) is 27.8 Å². The second-order valence-electron chi connectivity index (χ2n) is 6.04. The minimum atomic E-state index is -0.531. The first-order chi connectivity index (χ1) is 12.4. The topological polar surface area (TPSA) is 60.3 Å². The molecule has 0 radical (unpaired) electrons. The number of methoxy groups -OCH3 is 1. The molecule has 0 aliphatic carbocycles. The number of amides is 1. The zero-order chi connectivity index (χ0) is 18.8. The van der Waals surface area contributed by atoms with Gasteiger partial charge < -0.3 is 14.6 Å². The van der Waals surface area contributed by atoms with Gasteiger partial charge in [0.25, 0.3) is 0 Å². The molecule has 0 aliphatic rings. The van der Waals surface area contributed by atoms with E-state index in [9.17, 15) is 9.59 Å². The van der Waals surface area contributed by atoms with Crippen LogP contribution in [0.25, 0.3) is 10.9 Å². The van der Waals surface area contributed by atoms with Crippen LogP contribution in [0.15, 0.2) is 48.7 Å².